The number of ether oxygens (including phenoxy) is 2. The zero-order chi connectivity index (χ0) is 13.1. The van der Waals surface area contributed by atoms with Gasteiger partial charge in [0.1, 0.15) is 0 Å². The molecule has 104 valence electrons. The summed E-state index contributed by atoms with van der Waals surface area (Å²) >= 11 is 0. The van der Waals surface area contributed by atoms with Gasteiger partial charge >= 0.3 is 0 Å². The maximum absolute atomic E-state index is 5.45. The van der Waals surface area contributed by atoms with E-state index in [0.717, 1.165) is 25.0 Å². The van der Waals surface area contributed by atoms with E-state index in [1.54, 1.807) is 7.11 Å². The summed E-state index contributed by atoms with van der Waals surface area (Å²) in [5, 5.41) is 3.59. The molecule has 0 aliphatic rings. The molecule has 0 radical (unpaired) electrons. The van der Waals surface area contributed by atoms with E-state index in [2.05, 4.69) is 33.0 Å². The Hall–Kier alpha value is -0.120. The molecule has 0 aliphatic carbocycles. The van der Waals surface area contributed by atoms with Gasteiger partial charge in [0.15, 0.2) is 0 Å². The van der Waals surface area contributed by atoms with E-state index in [4.69, 9.17) is 9.47 Å². The summed E-state index contributed by atoms with van der Waals surface area (Å²) in [6, 6.07) is 0.626. The Morgan fingerprint density at radius 3 is 1.94 bits per heavy atom. The Bertz CT molecular complexity index is 150. The summed E-state index contributed by atoms with van der Waals surface area (Å²) in [5.74, 6) is 1.50. The van der Waals surface area contributed by atoms with E-state index in [0.29, 0.717) is 19.3 Å². The minimum Gasteiger partial charge on any atom is -0.382 e. The Balaban J connectivity index is 3.60. The van der Waals surface area contributed by atoms with E-state index in [9.17, 15) is 0 Å². The molecule has 3 nitrogen and oxygen atoms in total. The first-order valence-electron chi connectivity index (χ1n) is 6.86. The van der Waals surface area contributed by atoms with Gasteiger partial charge in [0, 0.05) is 19.7 Å². The van der Waals surface area contributed by atoms with Gasteiger partial charge in [-0.05, 0) is 24.7 Å². The minimum atomic E-state index is 0.626. The standard InChI is InChI=1S/C14H31NO2/c1-12(2)10-14(11-13(3)4)15-6-7-17-9-8-16-5/h12-15H,6-11H2,1-5H3. The van der Waals surface area contributed by atoms with Crippen molar-refractivity contribution in [1.82, 2.24) is 5.32 Å². The lowest BCUT2D eigenvalue weighted by atomic mass is 9.96. The highest BCUT2D eigenvalue weighted by Crippen LogP contribution is 2.12. The predicted molar refractivity (Wildman–Crippen MR) is 73.4 cm³/mol. The van der Waals surface area contributed by atoms with Crippen LogP contribution in [0.2, 0.25) is 0 Å². The summed E-state index contributed by atoms with van der Waals surface area (Å²) in [6.07, 6.45) is 2.49. The van der Waals surface area contributed by atoms with Crippen LogP contribution in [0, 0.1) is 11.8 Å². The van der Waals surface area contributed by atoms with Crippen LogP contribution in [0.5, 0.6) is 0 Å². The number of hydrogen-bond acceptors (Lipinski definition) is 3. The monoisotopic (exact) mass is 245 g/mol. The Morgan fingerprint density at radius 2 is 1.47 bits per heavy atom. The molecule has 0 saturated heterocycles. The van der Waals surface area contributed by atoms with E-state index in [1.165, 1.54) is 12.8 Å². The van der Waals surface area contributed by atoms with Crippen molar-refractivity contribution in [2.75, 3.05) is 33.5 Å². The minimum absolute atomic E-state index is 0.626. The average molecular weight is 245 g/mol. The molecule has 0 bridgehead atoms. The zero-order valence-corrected chi connectivity index (χ0v) is 12.3. The first-order valence-corrected chi connectivity index (χ1v) is 6.86. The van der Waals surface area contributed by atoms with Crippen LogP contribution in [0.25, 0.3) is 0 Å². The smallest absolute Gasteiger partial charge is 0.0700 e. The second-order valence-electron chi connectivity index (χ2n) is 5.52. The van der Waals surface area contributed by atoms with Crippen molar-refractivity contribution in [3.05, 3.63) is 0 Å². The third-order valence-corrected chi connectivity index (χ3v) is 2.62. The lowest BCUT2D eigenvalue weighted by Crippen LogP contribution is -2.34. The Kier molecular flexibility index (Phi) is 10.9. The molecule has 0 aromatic heterocycles. The van der Waals surface area contributed by atoms with Gasteiger partial charge in [-0.3, -0.25) is 0 Å². The van der Waals surface area contributed by atoms with Crippen molar-refractivity contribution in [3.8, 4) is 0 Å². The molecule has 1 N–H and O–H groups in total. The molecular formula is C14H31NO2. The molecule has 0 aromatic rings. The number of hydrogen-bond donors (Lipinski definition) is 1. The molecule has 0 aliphatic heterocycles. The van der Waals surface area contributed by atoms with Crippen LogP contribution in [0.1, 0.15) is 40.5 Å². The molecule has 0 heterocycles. The molecule has 0 spiro atoms. The van der Waals surface area contributed by atoms with Crippen LogP contribution in [-0.4, -0.2) is 39.5 Å². The van der Waals surface area contributed by atoms with Crippen molar-refractivity contribution in [2.24, 2.45) is 11.8 Å². The molecule has 0 rings (SSSR count). The van der Waals surface area contributed by atoms with E-state index >= 15 is 0 Å². The van der Waals surface area contributed by atoms with Crippen molar-refractivity contribution >= 4 is 0 Å². The molecule has 0 saturated carbocycles. The Labute approximate surface area is 107 Å². The van der Waals surface area contributed by atoms with Crippen molar-refractivity contribution in [3.63, 3.8) is 0 Å². The number of rotatable bonds is 11. The SMILES string of the molecule is COCCOCCNC(CC(C)C)CC(C)C. The van der Waals surface area contributed by atoms with Gasteiger partial charge in [-0.1, -0.05) is 27.7 Å². The highest BCUT2D eigenvalue weighted by molar-refractivity contribution is 4.70. The van der Waals surface area contributed by atoms with Crippen molar-refractivity contribution in [2.45, 2.75) is 46.6 Å². The fourth-order valence-electron chi connectivity index (χ4n) is 1.98. The van der Waals surface area contributed by atoms with Gasteiger partial charge < -0.3 is 14.8 Å². The van der Waals surface area contributed by atoms with Crippen LogP contribution >= 0.6 is 0 Å². The topological polar surface area (TPSA) is 30.5 Å². The van der Waals surface area contributed by atoms with Crippen LogP contribution in [0.15, 0.2) is 0 Å². The fourth-order valence-corrected chi connectivity index (χ4v) is 1.98. The van der Waals surface area contributed by atoms with E-state index < -0.39 is 0 Å². The summed E-state index contributed by atoms with van der Waals surface area (Å²) in [7, 11) is 1.70. The van der Waals surface area contributed by atoms with Gasteiger partial charge in [0.2, 0.25) is 0 Å². The maximum atomic E-state index is 5.45. The third-order valence-electron chi connectivity index (χ3n) is 2.62. The van der Waals surface area contributed by atoms with Crippen LogP contribution in [0.4, 0.5) is 0 Å². The fraction of sp³-hybridized carbons (Fsp3) is 1.00. The number of methoxy groups -OCH3 is 1. The van der Waals surface area contributed by atoms with Gasteiger partial charge in [-0.25, -0.2) is 0 Å². The maximum Gasteiger partial charge on any atom is 0.0700 e. The first kappa shape index (κ1) is 16.9. The van der Waals surface area contributed by atoms with Gasteiger partial charge in [0.05, 0.1) is 19.8 Å². The molecular weight excluding hydrogens is 214 g/mol. The Morgan fingerprint density at radius 1 is 0.882 bits per heavy atom. The molecule has 0 amide bonds. The molecule has 0 fully saturated rings. The lowest BCUT2D eigenvalue weighted by Gasteiger charge is -2.22. The van der Waals surface area contributed by atoms with E-state index in [1.807, 2.05) is 0 Å². The molecule has 0 atom stereocenters. The van der Waals surface area contributed by atoms with Crippen LogP contribution in [0.3, 0.4) is 0 Å². The second-order valence-corrected chi connectivity index (χ2v) is 5.52. The lowest BCUT2D eigenvalue weighted by molar-refractivity contribution is 0.0704. The van der Waals surface area contributed by atoms with Crippen LogP contribution in [-0.2, 0) is 9.47 Å². The zero-order valence-electron chi connectivity index (χ0n) is 12.3. The molecule has 0 aromatic carbocycles. The predicted octanol–water partition coefficient (Wildman–Crippen LogP) is 2.70. The normalized spacial score (nSPS) is 12.0. The van der Waals surface area contributed by atoms with Gasteiger partial charge in [0.25, 0.3) is 0 Å². The van der Waals surface area contributed by atoms with Crippen molar-refractivity contribution < 1.29 is 9.47 Å². The van der Waals surface area contributed by atoms with Gasteiger partial charge in [-0.15, -0.1) is 0 Å². The first-order chi connectivity index (χ1) is 8.06. The highest BCUT2D eigenvalue weighted by atomic mass is 16.5. The van der Waals surface area contributed by atoms with Crippen LogP contribution < -0.4 is 5.32 Å². The summed E-state index contributed by atoms with van der Waals surface area (Å²) in [4.78, 5) is 0. The second kappa shape index (κ2) is 11.0. The average Bonchev–Trinajstić information content (AvgIpc) is 2.21. The largest absolute Gasteiger partial charge is 0.382 e. The number of nitrogens with one attached hydrogen (secondary N) is 1. The summed E-state index contributed by atoms with van der Waals surface area (Å²) in [6.45, 7) is 12.2. The molecule has 17 heavy (non-hydrogen) atoms. The summed E-state index contributed by atoms with van der Waals surface area (Å²) in [5.41, 5.74) is 0. The molecule has 3 heteroatoms. The highest BCUT2D eigenvalue weighted by Gasteiger charge is 2.11. The molecule has 0 unspecified atom stereocenters. The quantitative estimate of drug-likeness (QED) is 0.568. The third kappa shape index (κ3) is 12.1. The van der Waals surface area contributed by atoms with Crippen molar-refractivity contribution in [1.29, 1.82) is 0 Å². The van der Waals surface area contributed by atoms with Gasteiger partial charge in [-0.2, -0.15) is 0 Å². The van der Waals surface area contributed by atoms with E-state index in [-0.39, 0.29) is 0 Å². The summed E-state index contributed by atoms with van der Waals surface area (Å²) < 4.78 is 10.4.